The first-order valence-corrected chi connectivity index (χ1v) is 3.89. The molecule has 1 saturated heterocycles. The van der Waals surface area contributed by atoms with Gasteiger partial charge in [0.15, 0.2) is 0 Å². The molecule has 1 rings (SSSR count). The zero-order valence-corrected chi connectivity index (χ0v) is 7.59. The van der Waals surface area contributed by atoms with Crippen LogP contribution < -0.4 is 0 Å². The van der Waals surface area contributed by atoms with Gasteiger partial charge in [-0.1, -0.05) is 0 Å². The van der Waals surface area contributed by atoms with Crippen LogP contribution >= 0.6 is 0 Å². The molecule has 0 radical (unpaired) electrons. The molecule has 0 aromatic carbocycles. The van der Waals surface area contributed by atoms with Crippen LogP contribution in [0.4, 0.5) is 0 Å². The maximum atomic E-state index is 5.45. The van der Waals surface area contributed by atoms with Crippen LogP contribution in [-0.4, -0.2) is 26.1 Å². The predicted octanol–water partition coefficient (Wildman–Crippen LogP) is 1.22. The van der Waals surface area contributed by atoms with Crippen LogP contribution in [-0.2, 0) is 14.0 Å². The van der Waals surface area contributed by atoms with Crippen molar-refractivity contribution in [3.63, 3.8) is 0 Å². The summed E-state index contributed by atoms with van der Waals surface area (Å²) in [6.45, 7) is 6.10. The van der Waals surface area contributed by atoms with E-state index in [1.165, 1.54) is 0 Å². The summed E-state index contributed by atoms with van der Waals surface area (Å²) in [5, 5.41) is 0. The fourth-order valence-corrected chi connectivity index (χ4v) is 1.37. The molecule has 0 aliphatic carbocycles. The lowest BCUT2D eigenvalue weighted by atomic mass is 9.95. The van der Waals surface area contributed by atoms with Crippen molar-refractivity contribution in [2.45, 2.75) is 38.9 Å². The maximum Gasteiger partial charge on any atom is 0.639 e. The normalized spacial score (nSPS) is 30.5. The molecule has 0 aromatic rings. The van der Waals surface area contributed by atoms with Crippen molar-refractivity contribution in [3.8, 4) is 0 Å². The summed E-state index contributed by atoms with van der Waals surface area (Å²) in [6, 6.07) is 0. The average molecular weight is 158 g/mol. The molecular formula is C7H15BO3. The van der Waals surface area contributed by atoms with Crippen molar-refractivity contribution in [1.29, 1.82) is 0 Å². The molecule has 11 heavy (non-hydrogen) atoms. The standard InChI is InChI=1S/C7H15BO3/c1-6-5-7(2,3)11-8(9-4)10-6/h6H,5H2,1-4H3/t6-/m0/s1. The zero-order valence-electron chi connectivity index (χ0n) is 7.59. The minimum Gasteiger partial charge on any atom is -0.389 e. The fourth-order valence-electron chi connectivity index (χ4n) is 1.37. The largest absolute Gasteiger partial charge is 0.639 e. The molecule has 4 heteroatoms. The fraction of sp³-hybridized carbons (Fsp3) is 1.00. The summed E-state index contributed by atoms with van der Waals surface area (Å²) in [4.78, 5) is 0. The lowest BCUT2D eigenvalue weighted by Crippen LogP contribution is -2.46. The van der Waals surface area contributed by atoms with Crippen LogP contribution in [0.5, 0.6) is 0 Å². The minimum atomic E-state index is -0.492. The van der Waals surface area contributed by atoms with E-state index in [1.807, 2.05) is 20.8 Å². The SMILES string of the molecule is COB1O[C@@H](C)CC(C)(C)O1. The van der Waals surface area contributed by atoms with Gasteiger partial charge >= 0.3 is 7.32 Å². The van der Waals surface area contributed by atoms with E-state index in [1.54, 1.807) is 7.11 Å². The Labute approximate surface area is 68.2 Å². The van der Waals surface area contributed by atoms with E-state index >= 15 is 0 Å². The second-order valence-corrected chi connectivity index (χ2v) is 3.55. The van der Waals surface area contributed by atoms with Crippen LogP contribution in [0.3, 0.4) is 0 Å². The molecule has 1 atom stereocenters. The van der Waals surface area contributed by atoms with Crippen LogP contribution in [0, 0.1) is 0 Å². The molecule has 0 amide bonds. The van der Waals surface area contributed by atoms with Gasteiger partial charge in [-0.25, -0.2) is 0 Å². The van der Waals surface area contributed by atoms with E-state index in [-0.39, 0.29) is 11.7 Å². The van der Waals surface area contributed by atoms with Gasteiger partial charge in [0.2, 0.25) is 0 Å². The van der Waals surface area contributed by atoms with Gasteiger partial charge in [-0.2, -0.15) is 0 Å². The second kappa shape index (κ2) is 3.13. The van der Waals surface area contributed by atoms with Crippen molar-refractivity contribution < 1.29 is 14.0 Å². The molecule has 0 saturated carbocycles. The van der Waals surface area contributed by atoms with Gasteiger partial charge in [-0.15, -0.1) is 0 Å². The van der Waals surface area contributed by atoms with Crippen molar-refractivity contribution in [3.05, 3.63) is 0 Å². The third kappa shape index (κ3) is 2.47. The summed E-state index contributed by atoms with van der Waals surface area (Å²) in [7, 11) is 1.09. The first-order valence-electron chi connectivity index (χ1n) is 3.89. The van der Waals surface area contributed by atoms with Crippen molar-refractivity contribution in [1.82, 2.24) is 0 Å². The number of hydrogen-bond acceptors (Lipinski definition) is 3. The molecule has 0 bridgehead atoms. The molecule has 0 N–H and O–H groups in total. The molecule has 1 heterocycles. The summed E-state index contributed by atoms with van der Waals surface area (Å²) < 4.78 is 15.7. The van der Waals surface area contributed by atoms with E-state index in [0.29, 0.717) is 0 Å². The van der Waals surface area contributed by atoms with Crippen molar-refractivity contribution >= 4 is 7.32 Å². The second-order valence-electron chi connectivity index (χ2n) is 3.55. The molecule has 64 valence electrons. The molecule has 0 aromatic heterocycles. The zero-order chi connectivity index (χ0) is 8.48. The van der Waals surface area contributed by atoms with Gasteiger partial charge in [-0.05, 0) is 27.2 Å². The van der Waals surface area contributed by atoms with E-state index in [4.69, 9.17) is 14.0 Å². The predicted molar refractivity (Wildman–Crippen MR) is 43.1 cm³/mol. The Morgan fingerprint density at radius 3 is 2.64 bits per heavy atom. The summed E-state index contributed by atoms with van der Waals surface area (Å²) in [5.41, 5.74) is -0.127. The topological polar surface area (TPSA) is 27.7 Å². The molecule has 0 unspecified atom stereocenters. The van der Waals surface area contributed by atoms with Gasteiger partial charge in [0.25, 0.3) is 0 Å². The highest BCUT2D eigenvalue weighted by atomic mass is 16.7. The molecule has 0 spiro atoms. The monoisotopic (exact) mass is 158 g/mol. The smallest absolute Gasteiger partial charge is 0.389 e. The Hall–Kier alpha value is -0.0551. The molecule has 1 aliphatic rings. The van der Waals surface area contributed by atoms with E-state index in [2.05, 4.69) is 0 Å². The summed E-state index contributed by atoms with van der Waals surface area (Å²) in [6.07, 6.45) is 1.12. The highest BCUT2D eigenvalue weighted by Gasteiger charge is 2.38. The van der Waals surface area contributed by atoms with Gasteiger partial charge in [0.05, 0.1) is 5.60 Å². The van der Waals surface area contributed by atoms with Gasteiger partial charge in [-0.3, -0.25) is 0 Å². The Morgan fingerprint density at radius 1 is 1.55 bits per heavy atom. The molecule has 3 nitrogen and oxygen atoms in total. The van der Waals surface area contributed by atoms with Gasteiger partial charge in [0.1, 0.15) is 0 Å². The highest BCUT2D eigenvalue weighted by molar-refractivity contribution is 6.36. The molecule has 1 fully saturated rings. The van der Waals surface area contributed by atoms with Crippen LogP contribution in [0.1, 0.15) is 27.2 Å². The van der Waals surface area contributed by atoms with Gasteiger partial charge < -0.3 is 14.0 Å². The van der Waals surface area contributed by atoms with E-state index < -0.39 is 7.32 Å². The number of rotatable bonds is 1. The Kier molecular flexibility index (Phi) is 2.57. The Morgan fingerprint density at radius 2 is 2.18 bits per heavy atom. The van der Waals surface area contributed by atoms with Crippen LogP contribution in [0.25, 0.3) is 0 Å². The van der Waals surface area contributed by atoms with E-state index in [0.717, 1.165) is 6.42 Å². The summed E-state index contributed by atoms with van der Waals surface area (Å²) in [5.74, 6) is 0. The Bertz CT molecular complexity index is 138. The molecule has 1 aliphatic heterocycles. The summed E-state index contributed by atoms with van der Waals surface area (Å²) >= 11 is 0. The maximum absolute atomic E-state index is 5.45. The third-order valence-electron chi connectivity index (χ3n) is 1.73. The van der Waals surface area contributed by atoms with Crippen LogP contribution in [0.15, 0.2) is 0 Å². The number of hydrogen-bond donors (Lipinski definition) is 0. The van der Waals surface area contributed by atoms with Crippen LogP contribution in [0.2, 0.25) is 0 Å². The highest BCUT2D eigenvalue weighted by Crippen LogP contribution is 2.25. The molecular weight excluding hydrogens is 143 g/mol. The van der Waals surface area contributed by atoms with Crippen molar-refractivity contribution in [2.24, 2.45) is 0 Å². The Balaban J connectivity index is 2.51. The lowest BCUT2D eigenvalue weighted by Gasteiger charge is -2.36. The first-order chi connectivity index (χ1) is 5.03. The van der Waals surface area contributed by atoms with E-state index in [9.17, 15) is 0 Å². The first kappa shape index (κ1) is 9.04. The average Bonchev–Trinajstić information content (AvgIpc) is 1.83. The third-order valence-corrected chi connectivity index (χ3v) is 1.73. The minimum absolute atomic E-state index is 0.127. The lowest BCUT2D eigenvalue weighted by molar-refractivity contribution is -0.0633. The van der Waals surface area contributed by atoms with Crippen molar-refractivity contribution in [2.75, 3.05) is 7.11 Å². The quantitative estimate of drug-likeness (QED) is 0.537. The van der Waals surface area contributed by atoms with Gasteiger partial charge in [0, 0.05) is 13.2 Å².